The summed E-state index contributed by atoms with van der Waals surface area (Å²) in [5.41, 5.74) is 0.844. The Hall–Kier alpha value is -2.93. The van der Waals surface area contributed by atoms with E-state index in [0.29, 0.717) is 30.0 Å². The zero-order chi connectivity index (χ0) is 17.1. The van der Waals surface area contributed by atoms with Gasteiger partial charge in [-0.2, -0.15) is 0 Å². The lowest BCUT2D eigenvalue weighted by molar-refractivity contribution is 0.0631. The molecular weight excluding hydrogens is 312 g/mol. The predicted octanol–water partition coefficient (Wildman–Crippen LogP) is 1.45. The third-order valence-electron chi connectivity index (χ3n) is 3.72. The van der Waals surface area contributed by atoms with Crippen LogP contribution >= 0.6 is 0 Å². The number of fused-ring (bicyclic) bond motifs is 1. The molecule has 124 valence electrons. The van der Waals surface area contributed by atoms with Gasteiger partial charge < -0.3 is 14.5 Å². The first-order valence-corrected chi connectivity index (χ1v) is 7.41. The molecule has 3 rings (SSSR count). The maximum atomic E-state index is 12.5. The molecule has 0 fully saturated rings. The van der Waals surface area contributed by atoms with Crippen LogP contribution in [0.1, 0.15) is 36.8 Å². The Balaban J connectivity index is 1.79. The number of benzene rings is 1. The van der Waals surface area contributed by atoms with Crippen LogP contribution in [0.4, 0.5) is 0 Å². The molecule has 1 aliphatic rings. The van der Waals surface area contributed by atoms with Gasteiger partial charge in [0.25, 0.3) is 17.7 Å². The Labute approximate surface area is 138 Å². The van der Waals surface area contributed by atoms with Crippen molar-refractivity contribution >= 4 is 17.7 Å². The summed E-state index contributed by atoms with van der Waals surface area (Å²) in [6, 6.07) is 7.86. The normalized spacial score (nSPS) is 13.3. The monoisotopic (exact) mass is 328 g/mol. The van der Waals surface area contributed by atoms with E-state index in [1.165, 1.54) is 24.5 Å². The summed E-state index contributed by atoms with van der Waals surface area (Å²) in [7, 11) is 1.54. The summed E-state index contributed by atoms with van der Waals surface area (Å²) in [4.78, 5) is 38.0. The minimum Gasteiger partial charge on any atom is -0.467 e. The number of nitrogens with one attached hydrogen (secondary N) is 1. The molecule has 2 heterocycles. The van der Waals surface area contributed by atoms with Gasteiger partial charge in [-0.1, -0.05) is 0 Å². The lowest BCUT2D eigenvalue weighted by Crippen LogP contribution is -2.29. The van der Waals surface area contributed by atoms with E-state index in [4.69, 9.17) is 9.15 Å². The van der Waals surface area contributed by atoms with E-state index in [1.807, 2.05) is 0 Å². The van der Waals surface area contributed by atoms with Crippen LogP contribution in [0.2, 0.25) is 0 Å². The summed E-state index contributed by atoms with van der Waals surface area (Å²) in [6.45, 7) is 0.823. The number of nitrogens with zero attached hydrogens (tertiary/aromatic N) is 1. The quantitative estimate of drug-likeness (QED) is 0.640. The molecule has 0 saturated heterocycles. The van der Waals surface area contributed by atoms with E-state index in [1.54, 1.807) is 19.2 Å². The van der Waals surface area contributed by atoms with Crippen molar-refractivity contribution in [2.24, 2.45) is 0 Å². The molecule has 3 amide bonds. The number of carbonyl (C=O) groups excluding carboxylic acids is 3. The average molecular weight is 328 g/mol. The molecule has 0 radical (unpaired) electrons. The molecule has 2 aromatic rings. The zero-order valence-corrected chi connectivity index (χ0v) is 13.1. The number of hydrogen-bond donors (Lipinski definition) is 1. The van der Waals surface area contributed by atoms with Gasteiger partial charge in [0.15, 0.2) is 0 Å². The van der Waals surface area contributed by atoms with Gasteiger partial charge in [-0.15, -0.1) is 0 Å². The van der Waals surface area contributed by atoms with E-state index in [9.17, 15) is 14.4 Å². The molecule has 0 spiro atoms. The number of amides is 3. The van der Waals surface area contributed by atoms with Crippen molar-refractivity contribution < 1.29 is 23.5 Å². The summed E-state index contributed by atoms with van der Waals surface area (Å²) in [5, 5.41) is 2.68. The molecule has 0 aliphatic carbocycles. The second kappa shape index (κ2) is 6.67. The Morgan fingerprint density at radius 3 is 2.71 bits per heavy atom. The fourth-order valence-corrected chi connectivity index (χ4v) is 2.50. The molecule has 7 heteroatoms. The largest absolute Gasteiger partial charge is 0.467 e. The standard InChI is InChI=1S/C17H16N2O5/c1-23-8-6-18-15(20)11-4-5-13-14(9-11)17(22)19(16(13)21)10-12-3-2-7-24-12/h2-5,7,9H,6,8,10H2,1H3,(H,18,20). The predicted molar refractivity (Wildman–Crippen MR) is 83.6 cm³/mol. The minimum absolute atomic E-state index is 0.0642. The van der Waals surface area contributed by atoms with Crippen molar-refractivity contribution in [1.82, 2.24) is 10.2 Å². The van der Waals surface area contributed by atoms with E-state index in [2.05, 4.69) is 5.32 Å². The summed E-state index contributed by atoms with van der Waals surface area (Å²) in [5.74, 6) is -0.627. The third kappa shape index (κ3) is 2.93. The van der Waals surface area contributed by atoms with Gasteiger partial charge in [0.1, 0.15) is 5.76 Å². The van der Waals surface area contributed by atoms with Crippen molar-refractivity contribution in [3.63, 3.8) is 0 Å². The Bertz CT molecular complexity index is 782. The molecule has 24 heavy (non-hydrogen) atoms. The maximum Gasteiger partial charge on any atom is 0.261 e. The first-order valence-electron chi connectivity index (χ1n) is 7.41. The first-order chi connectivity index (χ1) is 11.6. The minimum atomic E-state index is -0.432. The van der Waals surface area contributed by atoms with Crippen LogP contribution < -0.4 is 5.32 Å². The Morgan fingerprint density at radius 1 is 1.21 bits per heavy atom. The van der Waals surface area contributed by atoms with Gasteiger partial charge in [0.05, 0.1) is 30.5 Å². The SMILES string of the molecule is COCCNC(=O)c1ccc2c(c1)C(=O)N(Cc1ccco1)C2=O. The molecule has 1 N–H and O–H groups in total. The number of hydrogen-bond acceptors (Lipinski definition) is 5. The van der Waals surface area contributed by atoms with Crippen LogP contribution in [0.25, 0.3) is 0 Å². The fraction of sp³-hybridized carbons (Fsp3) is 0.235. The fourth-order valence-electron chi connectivity index (χ4n) is 2.50. The van der Waals surface area contributed by atoms with Gasteiger partial charge in [-0.3, -0.25) is 19.3 Å². The van der Waals surface area contributed by atoms with E-state index in [0.717, 1.165) is 4.90 Å². The summed E-state index contributed by atoms with van der Waals surface area (Å²) >= 11 is 0. The highest BCUT2D eigenvalue weighted by Gasteiger charge is 2.36. The van der Waals surface area contributed by atoms with Crippen LogP contribution in [0.15, 0.2) is 41.0 Å². The van der Waals surface area contributed by atoms with E-state index >= 15 is 0 Å². The Morgan fingerprint density at radius 2 is 2.00 bits per heavy atom. The molecule has 1 aliphatic heterocycles. The van der Waals surface area contributed by atoms with E-state index in [-0.39, 0.29) is 18.0 Å². The Kier molecular flexibility index (Phi) is 4.43. The van der Waals surface area contributed by atoms with Gasteiger partial charge in [-0.05, 0) is 30.3 Å². The van der Waals surface area contributed by atoms with Gasteiger partial charge in [-0.25, -0.2) is 0 Å². The number of rotatable bonds is 6. The van der Waals surface area contributed by atoms with Crippen molar-refractivity contribution in [1.29, 1.82) is 0 Å². The third-order valence-corrected chi connectivity index (χ3v) is 3.72. The number of methoxy groups -OCH3 is 1. The second-order valence-electron chi connectivity index (χ2n) is 5.28. The lowest BCUT2D eigenvalue weighted by Gasteiger charge is -2.11. The summed E-state index contributed by atoms with van der Waals surface area (Å²) < 4.78 is 10.1. The summed E-state index contributed by atoms with van der Waals surface area (Å²) in [6.07, 6.45) is 1.48. The topological polar surface area (TPSA) is 88.8 Å². The smallest absolute Gasteiger partial charge is 0.261 e. The van der Waals surface area contributed by atoms with Crippen LogP contribution in [-0.2, 0) is 11.3 Å². The molecule has 1 aromatic heterocycles. The van der Waals surface area contributed by atoms with Crippen LogP contribution in [0, 0.1) is 0 Å². The molecule has 0 atom stereocenters. The van der Waals surface area contributed by atoms with Crippen molar-refractivity contribution in [2.45, 2.75) is 6.54 Å². The van der Waals surface area contributed by atoms with E-state index < -0.39 is 11.8 Å². The number of imide groups is 1. The highest BCUT2D eigenvalue weighted by atomic mass is 16.5. The van der Waals surface area contributed by atoms with Gasteiger partial charge >= 0.3 is 0 Å². The molecule has 1 aromatic carbocycles. The molecule has 0 saturated carbocycles. The van der Waals surface area contributed by atoms with Gasteiger partial charge in [0, 0.05) is 19.2 Å². The molecule has 0 unspecified atom stereocenters. The number of furan rings is 1. The molecule has 7 nitrogen and oxygen atoms in total. The van der Waals surface area contributed by atoms with Crippen LogP contribution in [0.5, 0.6) is 0 Å². The van der Waals surface area contributed by atoms with Crippen molar-refractivity contribution in [3.05, 3.63) is 59.0 Å². The van der Waals surface area contributed by atoms with Gasteiger partial charge in [0.2, 0.25) is 0 Å². The zero-order valence-electron chi connectivity index (χ0n) is 13.1. The average Bonchev–Trinajstić information content (AvgIpc) is 3.18. The second-order valence-corrected chi connectivity index (χ2v) is 5.28. The van der Waals surface area contributed by atoms with Crippen molar-refractivity contribution in [2.75, 3.05) is 20.3 Å². The molecular formula is C17H16N2O5. The number of carbonyl (C=O) groups is 3. The highest BCUT2D eigenvalue weighted by Crippen LogP contribution is 2.25. The maximum absolute atomic E-state index is 12.5. The van der Waals surface area contributed by atoms with Crippen LogP contribution in [0.3, 0.4) is 0 Å². The number of ether oxygens (including phenoxy) is 1. The van der Waals surface area contributed by atoms with Crippen molar-refractivity contribution in [3.8, 4) is 0 Å². The highest BCUT2D eigenvalue weighted by molar-refractivity contribution is 6.21. The molecule has 0 bridgehead atoms. The van der Waals surface area contributed by atoms with Crippen LogP contribution in [-0.4, -0.2) is 42.9 Å². The first kappa shape index (κ1) is 15.9. The lowest BCUT2D eigenvalue weighted by atomic mass is 10.1.